The molecule has 2 aromatic heterocycles. The van der Waals surface area contributed by atoms with E-state index in [0.29, 0.717) is 17.2 Å². The van der Waals surface area contributed by atoms with Crippen LogP contribution >= 0.6 is 11.3 Å². The molecule has 0 unspecified atom stereocenters. The van der Waals surface area contributed by atoms with Gasteiger partial charge in [0.05, 0.1) is 10.9 Å². The van der Waals surface area contributed by atoms with Gasteiger partial charge in [0, 0.05) is 4.88 Å². The first kappa shape index (κ1) is 12.0. The standard InChI is InChI=1S/C14H12FN3S/c1-2-8-7-10-12(16)17-13(18-14(10)19-8)9-5-3-4-6-11(9)15/h3-7H,2H2,1H3,(H2,16,17,18). The van der Waals surface area contributed by atoms with Crippen LogP contribution in [0, 0.1) is 5.82 Å². The molecule has 2 heterocycles. The lowest BCUT2D eigenvalue weighted by molar-refractivity contribution is 0.630. The van der Waals surface area contributed by atoms with E-state index in [4.69, 9.17) is 5.73 Å². The fourth-order valence-corrected chi connectivity index (χ4v) is 2.91. The molecule has 1 aromatic carbocycles. The second-order valence-electron chi connectivity index (χ2n) is 4.20. The zero-order chi connectivity index (χ0) is 13.4. The van der Waals surface area contributed by atoms with Crippen molar-refractivity contribution in [1.29, 1.82) is 0 Å². The van der Waals surface area contributed by atoms with Crippen LogP contribution in [-0.4, -0.2) is 9.97 Å². The summed E-state index contributed by atoms with van der Waals surface area (Å²) in [5.41, 5.74) is 6.32. The van der Waals surface area contributed by atoms with Crippen molar-refractivity contribution in [3.63, 3.8) is 0 Å². The van der Waals surface area contributed by atoms with Crippen molar-refractivity contribution in [2.45, 2.75) is 13.3 Å². The molecule has 0 saturated heterocycles. The van der Waals surface area contributed by atoms with E-state index in [9.17, 15) is 4.39 Å². The van der Waals surface area contributed by atoms with Crippen LogP contribution in [0.3, 0.4) is 0 Å². The highest BCUT2D eigenvalue weighted by Crippen LogP contribution is 2.30. The molecule has 3 rings (SSSR count). The Bertz CT molecular complexity index is 752. The lowest BCUT2D eigenvalue weighted by Crippen LogP contribution is -1.97. The van der Waals surface area contributed by atoms with E-state index in [2.05, 4.69) is 16.9 Å². The van der Waals surface area contributed by atoms with Gasteiger partial charge in [0.2, 0.25) is 0 Å². The first-order chi connectivity index (χ1) is 9.19. The molecule has 0 bridgehead atoms. The van der Waals surface area contributed by atoms with Crippen molar-refractivity contribution in [1.82, 2.24) is 9.97 Å². The molecule has 0 amide bonds. The highest BCUT2D eigenvalue weighted by molar-refractivity contribution is 7.18. The van der Waals surface area contributed by atoms with Gasteiger partial charge < -0.3 is 5.73 Å². The monoisotopic (exact) mass is 273 g/mol. The van der Waals surface area contributed by atoms with Crippen LogP contribution in [-0.2, 0) is 6.42 Å². The number of anilines is 1. The number of fused-ring (bicyclic) bond motifs is 1. The van der Waals surface area contributed by atoms with Crippen molar-refractivity contribution in [3.05, 3.63) is 41.0 Å². The zero-order valence-electron chi connectivity index (χ0n) is 10.4. The fourth-order valence-electron chi connectivity index (χ4n) is 1.93. The highest BCUT2D eigenvalue weighted by atomic mass is 32.1. The summed E-state index contributed by atoms with van der Waals surface area (Å²) in [6.45, 7) is 2.08. The predicted octanol–water partition coefficient (Wildman–Crippen LogP) is 3.64. The molecule has 3 nitrogen and oxygen atoms in total. The summed E-state index contributed by atoms with van der Waals surface area (Å²) in [5, 5.41) is 0.849. The number of thiophene rings is 1. The van der Waals surface area contributed by atoms with Gasteiger partial charge in [-0.3, -0.25) is 0 Å². The van der Waals surface area contributed by atoms with Gasteiger partial charge in [-0.2, -0.15) is 0 Å². The molecule has 5 heteroatoms. The number of hydrogen-bond donors (Lipinski definition) is 1. The average molecular weight is 273 g/mol. The van der Waals surface area contributed by atoms with Gasteiger partial charge in [0.15, 0.2) is 5.82 Å². The largest absolute Gasteiger partial charge is 0.383 e. The second-order valence-corrected chi connectivity index (χ2v) is 5.31. The topological polar surface area (TPSA) is 51.8 Å². The molecular formula is C14H12FN3S. The van der Waals surface area contributed by atoms with Gasteiger partial charge in [0.25, 0.3) is 0 Å². The van der Waals surface area contributed by atoms with E-state index in [0.717, 1.165) is 16.6 Å². The lowest BCUT2D eigenvalue weighted by Gasteiger charge is -2.03. The van der Waals surface area contributed by atoms with Gasteiger partial charge in [-0.05, 0) is 24.6 Å². The molecule has 0 fully saturated rings. The van der Waals surface area contributed by atoms with Gasteiger partial charge in [0.1, 0.15) is 16.5 Å². The van der Waals surface area contributed by atoms with E-state index in [1.807, 2.05) is 6.07 Å². The number of aryl methyl sites for hydroxylation is 1. The minimum Gasteiger partial charge on any atom is -0.383 e. The molecule has 19 heavy (non-hydrogen) atoms. The van der Waals surface area contributed by atoms with E-state index in [-0.39, 0.29) is 5.82 Å². The van der Waals surface area contributed by atoms with Gasteiger partial charge in [-0.25, -0.2) is 14.4 Å². The summed E-state index contributed by atoms with van der Waals surface area (Å²) in [7, 11) is 0. The number of aromatic nitrogens is 2. The summed E-state index contributed by atoms with van der Waals surface area (Å²) in [5.74, 6) is 0.403. The normalized spacial score (nSPS) is 11.1. The quantitative estimate of drug-likeness (QED) is 0.775. The molecule has 0 saturated carbocycles. The average Bonchev–Trinajstić information content (AvgIpc) is 2.83. The lowest BCUT2D eigenvalue weighted by atomic mass is 10.2. The maximum atomic E-state index is 13.8. The van der Waals surface area contributed by atoms with E-state index >= 15 is 0 Å². The van der Waals surface area contributed by atoms with Crippen molar-refractivity contribution in [3.8, 4) is 11.4 Å². The summed E-state index contributed by atoms with van der Waals surface area (Å²) in [4.78, 5) is 10.6. The number of nitrogens with zero attached hydrogens (tertiary/aromatic N) is 2. The summed E-state index contributed by atoms with van der Waals surface area (Å²) in [6, 6.07) is 8.45. The third kappa shape index (κ3) is 2.06. The molecule has 0 aliphatic heterocycles. The summed E-state index contributed by atoms with van der Waals surface area (Å²) >= 11 is 1.57. The fraction of sp³-hybridized carbons (Fsp3) is 0.143. The van der Waals surface area contributed by atoms with Crippen LogP contribution < -0.4 is 5.73 Å². The summed E-state index contributed by atoms with van der Waals surface area (Å²) < 4.78 is 13.8. The third-order valence-corrected chi connectivity index (χ3v) is 4.11. The first-order valence-corrected chi connectivity index (χ1v) is 6.81. The number of rotatable bonds is 2. The van der Waals surface area contributed by atoms with Crippen LogP contribution in [0.25, 0.3) is 21.6 Å². The Kier molecular flexibility index (Phi) is 2.91. The molecule has 0 radical (unpaired) electrons. The molecule has 0 aliphatic carbocycles. The molecule has 0 atom stereocenters. The third-order valence-electron chi connectivity index (χ3n) is 2.94. The molecule has 96 valence electrons. The Morgan fingerprint density at radius 2 is 2.05 bits per heavy atom. The minimum atomic E-state index is -0.339. The summed E-state index contributed by atoms with van der Waals surface area (Å²) in [6.07, 6.45) is 0.926. The number of benzene rings is 1. The van der Waals surface area contributed by atoms with E-state index < -0.39 is 0 Å². The molecular weight excluding hydrogens is 261 g/mol. The molecule has 0 aliphatic rings. The Morgan fingerprint density at radius 3 is 2.79 bits per heavy atom. The van der Waals surface area contributed by atoms with Crippen LogP contribution in [0.4, 0.5) is 10.2 Å². The number of halogens is 1. The maximum Gasteiger partial charge on any atom is 0.166 e. The van der Waals surface area contributed by atoms with Crippen LogP contribution in [0.2, 0.25) is 0 Å². The predicted molar refractivity (Wildman–Crippen MR) is 76.6 cm³/mol. The molecule has 2 N–H and O–H groups in total. The first-order valence-electron chi connectivity index (χ1n) is 6.00. The van der Waals surface area contributed by atoms with Crippen LogP contribution in [0.5, 0.6) is 0 Å². The number of nitrogen functional groups attached to an aromatic ring is 1. The maximum absolute atomic E-state index is 13.8. The van der Waals surface area contributed by atoms with Crippen LogP contribution in [0.15, 0.2) is 30.3 Å². The van der Waals surface area contributed by atoms with Crippen LogP contribution in [0.1, 0.15) is 11.8 Å². The van der Waals surface area contributed by atoms with Crippen molar-refractivity contribution < 1.29 is 4.39 Å². The Balaban J connectivity index is 2.23. The van der Waals surface area contributed by atoms with Gasteiger partial charge in [-0.15, -0.1) is 11.3 Å². The highest BCUT2D eigenvalue weighted by Gasteiger charge is 2.12. The van der Waals surface area contributed by atoms with Gasteiger partial charge in [-0.1, -0.05) is 19.1 Å². The Labute approximate surface area is 113 Å². The zero-order valence-corrected chi connectivity index (χ0v) is 11.2. The SMILES string of the molecule is CCc1cc2c(N)nc(-c3ccccc3F)nc2s1. The van der Waals surface area contributed by atoms with E-state index in [1.54, 1.807) is 29.5 Å². The van der Waals surface area contributed by atoms with Crippen molar-refractivity contribution in [2.24, 2.45) is 0 Å². The molecule has 3 aromatic rings. The second kappa shape index (κ2) is 4.59. The Hall–Kier alpha value is -2.01. The van der Waals surface area contributed by atoms with Crippen molar-refractivity contribution in [2.75, 3.05) is 5.73 Å². The minimum absolute atomic E-state index is 0.339. The Morgan fingerprint density at radius 1 is 1.26 bits per heavy atom. The van der Waals surface area contributed by atoms with Crippen molar-refractivity contribution >= 4 is 27.4 Å². The smallest absolute Gasteiger partial charge is 0.166 e. The number of hydrogen-bond acceptors (Lipinski definition) is 4. The van der Waals surface area contributed by atoms with E-state index in [1.165, 1.54) is 10.9 Å². The van der Waals surface area contributed by atoms with Gasteiger partial charge >= 0.3 is 0 Å². The molecule has 0 spiro atoms. The number of nitrogens with two attached hydrogens (primary N) is 1.